The molecule has 17 heavy (non-hydrogen) atoms. The van der Waals surface area contributed by atoms with Crippen LogP contribution in [-0.2, 0) is 4.74 Å². The fourth-order valence-corrected chi connectivity index (χ4v) is 3.92. The van der Waals surface area contributed by atoms with Crippen LogP contribution in [0, 0.1) is 5.92 Å². The van der Waals surface area contributed by atoms with Crippen LogP contribution >= 0.6 is 11.8 Å². The highest BCUT2D eigenvalue weighted by molar-refractivity contribution is 7.99. The predicted octanol–water partition coefficient (Wildman–Crippen LogP) is 1.44. The van der Waals surface area contributed by atoms with Gasteiger partial charge in [-0.05, 0) is 19.9 Å². The van der Waals surface area contributed by atoms with Crippen molar-refractivity contribution in [1.82, 2.24) is 10.2 Å². The van der Waals surface area contributed by atoms with Gasteiger partial charge in [0.1, 0.15) is 0 Å². The van der Waals surface area contributed by atoms with Crippen molar-refractivity contribution in [3.63, 3.8) is 0 Å². The molecule has 2 saturated heterocycles. The van der Waals surface area contributed by atoms with Crippen LogP contribution in [-0.4, -0.2) is 61.3 Å². The first-order valence-electron chi connectivity index (χ1n) is 6.94. The van der Waals surface area contributed by atoms with Gasteiger partial charge in [-0.2, -0.15) is 11.8 Å². The van der Waals surface area contributed by atoms with Gasteiger partial charge in [-0.1, -0.05) is 6.92 Å². The number of ether oxygens (including phenoxy) is 1. The van der Waals surface area contributed by atoms with Gasteiger partial charge in [0.05, 0.1) is 6.61 Å². The summed E-state index contributed by atoms with van der Waals surface area (Å²) in [5, 5.41) is 3.63. The summed E-state index contributed by atoms with van der Waals surface area (Å²) in [6.45, 7) is 9.96. The van der Waals surface area contributed by atoms with Crippen molar-refractivity contribution < 1.29 is 4.74 Å². The maximum atomic E-state index is 5.66. The Hall–Kier alpha value is 0.230. The van der Waals surface area contributed by atoms with Crippen molar-refractivity contribution in [2.24, 2.45) is 5.92 Å². The Kier molecular flexibility index (Phi) is 5.60. The van der Waals surface area contributed by atoms with E-state index in [1.54, 1.807) is 0 Å². The summed E-state index contributed by atoms with van der Waals surface area (Å²) in [7, 11) is 0. The third-order valence-corrected chi connectivity index (χ3v) is 5.10. The van der Waals surface area contributed by atoms with E-state index in [-0.39, 0.29) is 0 Å². The van der Waals surface area contributed by atoms with E-state index in [0.29, 0.717) is 12.0 Å². The molecule has 0 amide bonds. The second-order valence-electron chi connectivity index (χ2n) is 5.21. The highest BCUT2D eigenvalue weighted by Gasteiger charge is 2.29. The summed E-state index contributed by atoms with van der Waals surface area (Å²) in [6.07, 6.45) is 1.18. The molecule has 2 heterocycles. The molecule has 2 fully saturated rings. The van der Waals surface area contributed by atoms with E-state index in [9.17, 15) is 0 Å². The summed E-state index contributed by atoms with van der Waals surface area (Å²) in [6, 6.07) is 1.40. The van der Waals surface area contributed by atoms with Gasteiger partial charge in [0.2, 0.25) is 0 Å². The number of nitrogens with zero attached hydrogens (tertiary/aromatic N) is 1. The lowest BCUT2D eigenvalue weighted by atomic mass is 9.94. The Morgan fingerprint density at radius 2 is 2.35 bits per heavy atom. The van der Waals surface area contributed by atoms with Gasteiger partial charge in [0.15, 0.2) is 0 Å². The van der Waals surface area contributed by atoms with Crippen molar-refractivity contribution in [2.75, 3.05) is 44.4 Å². The summed E-state index contributed by atoms with van der Waals surface area (Å²) >= 11 is 2.09. The summed E-state index contributed by atoms with van der Waals surface area (Å²) in [4.78, 5) is 2.65. The van der Waals surface area contributed by atoms with Crippen LogP contribution in [0.25, 0.3) is 0 Å². The quantitative estimate of drug-likeness (QED) is 0.825. The molecule has 0 radical (unpaired) electrons. The minimum Gasteiger partial charge on any atom is -0.381 e. The monoisotopic (exact) mass is 258 g/mol. The highest BCUT2D eigenvalue weighted by atomic mass is 32.2. The molecule has 0 saturated carbocycles. The molecule has 0 aromatic heterocycles. The van der Waals surface area contributed by atoms with Crippen LogP contribution in [0.2, 0.25) is 0 Å². The van der Waals surface area contributed by atoms with E-state index >= 15 is 0 Å². The van der Waals surface area contributed by atoms with Crippen LogP contribution in [0.5, 0.6) is 0 Å². The fraction of sp³-hybridized carbons (Fsp3) is 1.00. The highest BCUT2D eigenvalue weighted by Crippen LogP contribution is 2.21. The summed E-state index contributed by atoms with van der Waals surface area (Å²) in [5.74, 6) is 3.26. The van der Waals surface area contributed by atoms with Crippen LogP contribution < -0.4 is 5.32 Å². The topological polar surface area (TPSA) is 24.5 Å². The van der Waals surface area contributed by atoms with Crippen LogP contribution in [0.1, 0.15) is 20.3 Å². The second kappa shape index (κ2) is 6.98. The van der Waals surface area contributed by atoms with E-state index in [0.717, 1.165) is 25.8 Å². The van der Waals surface area contributed by atoms with Crippen molar-refractivity contribution >= 4 is 11.8 Å². The molecular weight excluding hydrogens is 232 g/mol. The van der Waals surface area contributed by atoms with E-state index in [1.165, 1.54) is 31.0 Å². The Balaban J connectivity index is 1.85. The van der Waals surface area contributed by atoms with E-state index in [4.69, 9.17) is 4.74 Å². The molecule has 3 atom stereocenters. The molecule has 0 spiro atoms. The maximum absolute atomic E-state index is 5.66. The van der Waals surface area contributed by atoms with E-state index in [1.807, 2.05) is 0 Å². The molecule has 2 aliphatic heterocycles. The Morgan fingerprint density at radius 3 is 3.12 bits per heavy atom. The van der Waals surface area contributed by atoms with Gasteiger partial charge in [-0.3, -0.25) is 4.90 Å². The molecular formula is C13H26N2OS. The molecule has 0 aromatic rings. The van der Waals surface area contributed by atoms with Gasteiger partial charge < -0.3 is 10.1 Å². The lowest BCUT2D eigenvalue weighted by Gasteiger charge is -2.39. The zero-order chi connectivity index (χ0) is 12.1. The number of hydrogen-bond acceptors (Lipinski definition) is 4. The third-order valence-electron chi connectivity index (χ3n) is 3.91. The van der Waals surface area contributed by atoms with Crippen LogP contribution in [0.3, 0.4) is 0 Å². The molecule has 0 bridgehead atoms. The molecule has 2 rings (SSSR count). The van der Waals surface area contributed by atoms with Gasteiger partial charge >= 0.3 is 0 Å². The first-order chi connectivity index (χ1) is 8.31. The number of rotatable bonds is 4. The van der Waals surface area contributed by atoms with Gasteiger partial charge in [-0.15, -0.1) is 0 Å². The Morgan fingerprint density at radius 1 is 1.47 bits per heavy atom. The molecule has 1 N–H and O–H groups in total. The minimum absolute atomic E-state index is 0.663. The number of thioether (sulfide) groups is 1. The molecule has 0 aromatic carbocycles. The Labute approximate surface area is 110 Å². The fourth-order valence-electron chi connectivity index (χ4n) is 2.84. The SMILES string of the molecule is CCNC1CCOCC1CN1CCSCC1C. The second-order valence-corrected chi connectivity index (χ2v) is 6.36. The van der Waals surface area contributed by atoms with Gasteiger partial charge in [0.25, 0.3) is 0 Å². The first-order valence-corrected chi connectivity index (χ1v) is 8.09. The van der Waals surface area contributed by atoms with Crippen LogP contribution in [0.15, 0.2) is 0 Å². The van der Waals surface area contributed by atoms with Crippen molar-refractivity contribution in [2.45, 2.75) is 32.4 Å². The molecule has 3 unspecified atom stereocenters. The predicted molar refractivity (Wildman–Crippen MR) is 74.8 cm³/mol. The Bertz CT molecular complexity index is 225. The zero-order valence-corrected chi connectivity index (χ0v) is 12.0. The van der Waals surface area contributed by atoms with Crippen molar-refractivity contribution in [3.8, 4) is 0 Å². The summed E-state index contributed by atoms with van der Waals surface area (Å²) in [5.41, 5.74) is 0. The maximum Gasteiger partial charge on any atom is 0.0521 e. The van der Waals surface area contributed by atoms with Gasteiger partial charge in [-0.25, -0.2) is 0 Å². The van der Waals surface area contributed by atoms with Crippen LogP contribution in [0.4, 0.5) is 0 Å². The lowest BCUT2D eigenvalue weighted by Crippen LogP contribution is -2.51. The van der Waals surface area contributed by atoms with Gasteiger partial charge in [0, 0.05) is 49.2 Å². The smallest absolute Gasteiger partial charge is 0.0521 e. The third kappa shape index (κ3) is 3.85. The average Bonchev–Trinajstić information content (AvgIpc) is 2.35. The molecule has 0 aliphatic carbocycles. The normalized spacial score (nSPS) is 36.0. The van der Waals surface area contributed by atoms with E-state index < -0.39 is 0 Å². The first kappa shape index (κ1) is 13.7. The molecule has 4 heteroatoms. The minimum atomic E-state index is 0.663. The molecule has 100 valence electrons. The van der Waals surface area contributed by atoms with Crippen molar-refractivity contribution in [3.05, 3.63) is 0 Å². The average molecular weight is 258 g/mol. The largest absolute Gasteiger partial charge is 0.381 e. The lowest BCUT2D eigenvalue weighted by molar-refractivity contribution is 0.0134. The standard InChI is InChI=1S/C13H26N2OS/c1-3-14-13-4-6-16-9-12(13)8-15-5-7-17-10-11(15)2/h11-14H,3-10H2,1-2H3. The molecule has 2 aliphatic rings. The van der Waals surface area contributed by atoms with Crippen molar-refractivity contribution in [1.29, 1.82) is 0 Å². The molecule has 3 nitrogen and oxygen atoms in total. The number of hydrogen-bond donors (Lipinski definition) is 1. The number of nitrogens with one attached hydrogen (secondary N) is 1. The summed E-state index contributed by atoms with van der Waals surface area (Å²) < 4.78 is 5.66. The van der Waals surface area contributed by atoms with E-state index in [2.05, 4.69) is 35.8 Å². The zero-order valence-electron chi connectivity index (χ0n) is 11.2.